The van der Waals surface area contributed by atoms with Gasteiger partial charge in [-0.05, 0) is 42.2 Å². The molecular formula is C18H18N4O5S. The molecular weight excluding hydrogens is 384 g/mol. The summed E-state index contributed by atoms with van der Waals surface area (Å²) in [6.07, 6.45) is 1.88. The average molecular weight is 402 g/mol. The Balaban J connectivity index is 1.44. The van der Waals surface area contributed by atoms with E-state index >= 15 is 0 Å². The predicted octanol–water partition coefficient (Wildman–Crippen LogP) is 2.49. The molecule has 0 unspecified atom stereocenters. The van der Waals surface area contributed by atoms with Gasteiger partial charge in [0.2, 0.25) is 0 Å². The number of benzene rings is 1. The molecule has 0 bridgehead atoms. The lowest BCUT2D eigenvalue weighted by Crippen LogP contribution is -2.25. The highest BCUT2D eigenvalue weighted by Gasteiger charge is 2.21. The van der Waals surface area contributed by atoms with Gasteiger partial charge in [-0.15, -0.1) is 5.10 Å². The predicted molar refractivity (Wildman–Crippen MR) is 100 cm³/mol. The van der Waals surface area contributed by atoms with E-state index in [1.165, 1.54) is 6.26 Å². The van der Waals surface area contributed by atoms with Crippen LogP contribution < -0.4 is 10.1 Å². The fourth-order valence-electron chi connectivity index (χ4n) is 2.31. The summed E-state index contributed by atoms with van der Waals surface area (Å²) in [5, 5.41) is 6.68. The van der Waals surface area contributed by atoms with Crippen molar-refractivity contribution < 1.29 is 23.5 Å². The number of hydrogen-bond donors (Lipinski definition) is 1. The van der Waals surface area contributed by atoms with Gasteiger partial charge >= 0.3 is 5.97 Å². The maximum Gasteiger partial charge on any atom is 0.352 e. The Morgan fingerprint density at radius 3 is 2.71 bits per heavy atom. The smallest absolute Gasteiger partial charge is 0.352 e. The quantitative estimate of drug-likeness (QED) is 0.451. The van der Waals surface area contributed by atoms with Gasteiger partial charge in [-0.1, -0.05) is 4.49 Å². The van der Waals surface area contributed by atoms with E-state index in [0.29, 0.717) is 41.6 Å². The molecule has 0 radical (unpaired) electrons. The fraction of sp³-hybridized carbons (Fsp3) is 0.278. The van der Waals surface area contributed by atoms with Crippen molar-refractivity contribution >= 4 is 23.4 Å². The van der Waals surface area contributed by atoms with Gasteiger partial charge in [0, 0.05) is 19.0 Å². The van der Waals surface area contributed by atoms with E-state index in [-0.39, 0.29) is 17.4 Å². The lowest BCUT2D eigenvalue weighted by molar-refractivity contribution is 0.0507. The molecule has 0 aliphatic carbocycles. The van der Waals surface area contributed by atoms with E-state index in [0.717, 1.165) is 11.5 Å². The second-order valence-corrected chi connectivity index (χ2v) is 6.43. The number of carbonyl (C=O) groups excluding carboxylic acids is 2. The summed E-state index contributed by atoms with van der Waals surface area (Å²) >= 11 is 0.933. The van der Waals surface area contributed by atoms with Crippen molar-refractivity contribution in [1.29, 1.82) is 0 Å². The van der Waals surface area contributed by atoms with Crippen LogP contribution in [0.1, 0.15) is 32.3 Å². The number of ether oxygens (including phenoxy) is 2. The van der Waals surface area contributed by atoms with E-state index in [2.05, 4.69) is 19.9 Å². The second-order valence-electron chi connectivity index (χ2n) is 5.68. The lowest BCUT2D eigenvalue weighted by Gasteiger charge is -2.07. The van der Waals surface area contributed by atoms with Gasteiger partial charge in [0.15, 0.2) is 10.8 Å². The van der Waals surface area contributed by atoms with Crippen LogP contribution in [-0.2, 0) is 4.74 Å². The van der Waals surface area contributed by atoms with E-state index in [4.69, 9.17) is 13.9 Å². The summed E-state index contributed by atoms with van der Waals surface area (Å²) in [6, 6.07) is 6.79. The minimum Gasteiger partial charge on any atom is -0.497 e. The van der Waals surface area contributed by atoms with Crippen molar-refractivity contribution in [2.24, 2.45) is 0 Å². The van der Waals surface area contributed by atoms with Gasteiger partial charge < -0.3 is 19.2 Å². The minimum atomic E-state index is -0.535. The first-order chi connectivity index (χ1) is 13.6. The molecule has 0 aliphatic rings. The molecule has 0 aliphatic heterocycles. The van der Waals surface area contributed by atoms with Gasteiger partial charge in [-0.2, -0.15) is 0 Å². The SMILES string of the molecule is COc1ccc(C(=O)NCCCOC(=O)c2snnc2-c2coc(C)n2)cc1. The summed E-state index contributed by atoms with van der Waals surface area (Å²) in [5.41, 5.74) is 1.30. The van der Waals surface area contributed by atoms with Gasteiger partial charge in [-0.25, -0.2) is 9.78 Å². The molecule has 1 aromatic carbocycles. The highest BCUT2D eigenvalue weighted by atomic mass is 32.1. The first kappa shape index (κ1) is 19.5. The number of rotatable bonds is 8. The Kier molecular flexibility index (Phi) is 6.33. The van der Waals surface area contributed by atoms with Crippen LogP contribution in [0.3, 0.4) is 0 Å². The summed E-state index contributed by atoms with van der Waals surface area (Å²) in [7, 11) is 1.56. The normalized spacial score (nSPS) is 10.5. The number of carbonyl (C=O) groups is 2. The largest absolute Gasteiger partial charge is 0.497 e. The van der Waals surface area contributed by atoms with Crippen molar-refractivity contribution in [2.45, 2.75) is 13.3 Å². The van der Waals surface area contributed by atoms with Gasteiger partial charge in [-0.3, -0.25) is 4.79 Å². The van der Waals surface area contributed by atoms with Crippen molar-refractivity contribution in [2.75, 3.05) is 20.3 Å². The topological polar surface area (TPSA) is 116 Å². The Labute approximate surface area is 164 Å². The molecule has 0 saturated carbocycles. The number of nitrogens with one attached hydrogen (secondary N) is 1. The summed E-state index contributed by atoms with van der Waals surface area (Å²) in [5.74, 6) is 0.410. The molecule has 1 amide bonds. The molecule has 2 aromatic heterocycles. The summed E-state index contributed by atoms with van der Waals surface area (Å²) in [4.78, 5) is 28.7. The number of aryl methyl sites for hydroxylation is 1. The Morgan fingerprint density at radius 1 is 1.25 bits per heavy atom. The fourth-order valence-corrected chi connectivity index (χ4v) is 2.88. The molecule has 146 valence electrons. The van der Waals surface area contributed by atoms with Crippen LogP contribution in [0.2, 0.25) is 0 Å². The molecule has 28 heavy (non-hydrogen) atoms. The third kappa shape index (κ3) is 4.71. The zero-order valence-corrected chi connectivity index (χ0v) is 16.1. The number of nitrogens with zero attached hydrogens (tertiary/aromatic N) is 3. The van der Waals surface area contributed by atoms with E-state index in [9.17, 15) is 9.59 Å². The Bertz CT molecular complexity index is 951. The maximum absolute atomic E-state index is 12.2. The van der Waals surface area contributed by atoms with E-state index < -0.39 is 5.97 Å². The van der Waals surface area contributed by atoms with Crippen LogP contribution in [0, 0.1) is 6.92 Å². The first-order valence-electron chi connectivity index (χ1n) is 8.42. The molecule has 1 N–H and O–H groups in total. The monoisotopic (exact) mass is 402 g/mol. The molecule has 3 rings (SSSR count). The maximum atomic E-state index is 12.2. The average Bonchev–Trinajstić information content (AvgIpc) is 3.36. The molecule has 10 heteroatoms. The highest BCUT2D eigenvalue weighted by Crippen LogP contribution is 2.23. The third-order valence-corrected chi connectivity index (χ3v) is 4.43. The Morgan fingerprint density at radius 2 is 2.04 bits per heavy atom. The second kappa shape index (κ2) is 9.09. The molecule has 0 saturated heterocycles. The highest BCUT2D eigenvalue weighted by molar-refractivity contribution is 7.08. The summed E-state index contributed by atoms with van der Waals surface area (Å²) < 4.78 is 19.2. The Hall–Kier alpha value is -3.27. The zero-order valence-electron chi connectivity index (χ0n) is 15.3. The minimum absolute atomic E-state index is 0.150. The number of oxazole rings is 1. The number of hydrogen-bond acceptors (Lipinski definition) is 9. The van der Waals surface area contributed by atoms with Crippen molar-refractivity contribution in [3.63, 3.8) is 0 Å². The molecule has 9 nitrogen and oxygen atoms in total. The van der Waals surface area contributed by atoms with Crippen LogP contribution in [-0.4, -0.2) is 46.7 Å². The summed E-state index contributed by atoms with van der Waals surface area (Å²) in [6.45, 7) is 2.22. The first-order valence-corrected chi connectivity index (χ1v) is 9.20. The number of methoxy groups -OCH3 is 1. The molecule has 3 aromatic rings. The number of aromatic nitrogens is 3. The lowest BCUT2D eigenvalue weighted by atomic mass is 10.2. The van der Waals surface area contributed by atoms with Crippen molar-refractivity contribution in [3.05, 3.63) is 46.9 Å². The van der Waals surface area contributed by atoms with E-state index in [1.54, 1.807) is 38.3 Å². The third-order valence-electron chi connectivity index (χ3n) is 3.73. The van der Waals surface area contributed by atoms with Crippen LogP contribution in [0.5, 0.6) is 5.75 Å². The zero-order chi connectivity index (χ0) is 19.9. The van der Waals surface area contributed by atoms with Crippen molar-refractivity contribution in [1.82, 2.24) is 19.9 Å². The van der Waals surface area contributed by atoms with Gasteiger partial charge in [0.25, 0.3) is 5.91 Å². The van der Waals surface area contributed by atoms with Crippen molar-refractivity contribution in [3.8, 4) is 17.1 Å². The van der Waals surface area contributed by atoms with E-state index in [1.807, 2.05) is 0 Å². The van der Waals surface area contributed by atoms with Crippen LogP contribution in [0.25, 0.3) is 11.4 Å². The number of esters is 1. The molecule has 0 atom stereocenters. The standard InChI is InChI=1S/C18H18N4O5S/c1-11-20-14(10-27-11)15-16(28-22-21-15)18(24)26-9-3-8-19-17(23)12-4-6-13(25-2)7-5-12/h4-7,10H,3,8-9H2,1-2H3,(H,19,23). The van der Waals surface area contributed by atoms with Crippen LogP contribution in [0.4, 0.5) is 0 Å². The van der Waals surface area contributed by atoms with Gasteiger partial charge in [0.05, 0.1) is 13.7 Å². The molecule has 0 fully saturated rings. The molecule has 2 heterocycles. The van der Waals surface area contributed by atoms with Crippen LogP contribution in [0.15, 0.2) is 34.9 Å². The van der Waals surface area contributed by atoms with Crippen LogP contribution >= 0.6 is 11.5 Å². The van der Waals surface area contributed by atoms with Gasteiger partial charge in [0.1, 0.15) is 23.4 Å². The molecule has 0 spiro atoms. The number of amides is 1.